The second-order valence-electron chi connectivity index (χ2n) is 5.01. The molecule has 0 saturated heterocycles. The molecule has 1 N–H and O–H groups in total. The first-order chi connectivity index (χ1) is 9.34. The maximum atomic E-state index is 8.39. The minimum atomic E-state index is 0.636. The Morgan fingerprint density at radius 3 is 2.37 bits per heavy atom. The molecule has 0 fully saturated rings. The molecule has 2 aromatic carbocycles. The van der Waals surface area contributed by atoms with E-state index in [4.69, 9.17) is 5.41 Å². The maximum Gasteiger partial charge on any atom is 0.128 e. The van der Waals surface area contributed by atoms with E-state index >= 15 is 0 Å². The van der Waals surface area contributed by atoms with Gasteiger partial charge in [-0.15, -0.1) is 0 Å². The molecule has 1 heterocycles. The van der Waals surface area contributed by atoms with E-state index in [9.17, 15) is 0 Å². The lowest BCUT2D eigenvalue weighted by molar-refractivity contribution is 0.416. The Morgan fingerprint density at radius 1 is 0.895 bits per heavy atom. The Morgan fingerprint density at radius 2 is 1.58 bits per heavy atom. The van der Waals surface area contributed by atoms with Gasteiger partial charge in [0.2, 0.25) is 0 Å². The van der Waals surface area contributed by atoms with Crippen molar-refractivity contribution in [3.8, 4) is 0 Å². The van der Waals surface area contributed by atoms with Gasteiger partial charge in [0.1, 0.15) is 5.84 Å². The highest BCUT2D eigenvalue weighted by Gasteiger charge is 2.17. The normalized spacial score (nSPS) is 14.6. The quantitative estimate of drug-likeness (QED) is 0.609. The minimum Gasteiger partial charge on any atom is -0.352 e. The van der Waals surface area contributed by atoms with Crippen LogP contribution in [0, 0.1) is 5.41 Å². The first-order valence-corrected chi connectivity index (χ1v) is 6.80. The van der Waals surface area contributed by atoms with E-state index in [1.807, 2.05) is 30.3 Å². The third-order valence-corrected chi connectivity index (χ3v) is 3.72. The molecule has 0 radical (unpaired) electrons. The van der Waals surface area contributed by atoms with Crippen LogP contribution in [0.15, 0.2) is 54.6 Å². The van der Waals surface area contributed by atoms with Crippen LogP contribution in [0.4, 0.5) is 0 Å². The fourth-order valence-corrected chi connectivity index (χ4v) is 2.67. The highest BCUT2D eigenvalue weighted by Crippen LogP contribution is 2.19. The van der Waals surface area contributed by atoms with Crippen molar-refractivity contribution in [1.82, 2.24) is 4.90 Å². The van der Waals surface area contributed by atoms with Gasteiger partial charge in [-0.05, 0) is 24.0 Å². The molecule has 19 heavy (non-hydrogen) atoms. The monoisotopic (exact) mass is 250 g/mol. The summed E-state index contributed by atoms with van der Waals surface area (Å²) < 4.78 is 0. The van der Waals surface area contributed by atoms with Crippen LogP contribution >= 0.6 is 0 Å². The fraction of sp³-hybridized carbons (Fsp3) is 0.235. The molecule has 1 aliphatic heterocycles. The van der Waals surface area contributed by atoms with Gasteiger partial charge in [0.15, 0.2) is 0 Å². The standard InChI is InChI=1S/C17H18N2/c18-17(15-8-2-1-3-9-15)19-12-6-11-14-7-4-5-10-16(14)13-19/h1-5,7-10,18H,6,11-13H2. The molecule has 2 heteroatoms. The summed E-state index contributed by atoms with van der Waals surface area (Å²) in [4.78, 5) is 2.18. The Labute approximate surface area is 114 Å². The number of aryl methyl sites for hydroxylation is 1. The molecule has 96 valence electrons. The topological polar surface area (TPSA) is 27.1 Å². The molecule has 0 aromatic heterocycles. The summed E-state index contributed by atoms with van der Waals surface area (Å²) in [5.74, 6) is 0.636. The number of benzene rings is 2. The van der Waals surface area contributed by atoms with Gasteiger partial charge >= 0.3 is 0 Å². The van der Waals surface area contributed by atoms with E-state index in [2.05, 4.69) is 29.2 Å². The number of hydrogen-bond acceptors (Lipinski definition) is 1. The number of amidine groups is 1. The third-order valence-electron chi connectivity index (χ3n) is 3.72. The summed E-state index contributed by atoms with van der Waals surface area (Å²) in [5.41, 5.74) is 3.80. The van der Waals surface area contributed by atoms with Gasteiger partial charge in [-0.2, -0.15) is 0 Å². The molecule has 0 aliphatic carbocycles. The average molecular weight is 250 g/mol. The second-order valence-corrected chi connectivity index (χ2v) is 5.01. The number of fused-ring (bicyclic) bond motifs is 1. The van der Waals surface area contributed by atoms with Crippen LogP contribution in [0.1, 0.15) is 23.1 Å². The summed E-state index contributed by atoms with van der Waals surface area (Å²) >= 11 is 0. The van der Waals surface area contributed by atoms with E-state index in [1.54, 1.807) is 0 Å². The van der Waals surface area contributed by atoms with Crippen molar-refractivity contribution in [2.45, 2.75) is 19.4 Å². The zero-order valence-corrected chi connectivity index (χ0v) is 11.0. The van der Waals surface area contributed by atoms with Crippen molar-refractivity contribution in [2.75, 3.05) is 6.54 Å². The van der Waals surface area contributed by atoms with Crippen LogP contribution in [-0.2, 0) is 13.0 Å². The predicted octanol–water partition coefficient (Wildman–Crippen LogP) is 3.46. The summed E-state index contributed by atoms with van der Waals surface area (Å²) in [6.07, 6.45) is 2.24. The molecule has 3 rings (SSSR count). The van der Waals surface area contributed by atoms with E-state index in [-0.39, 0.29) is 0 Å². The van der Waals surface area contributed by atoms with E-state index in [1.165, 1.54) is 11.1 Å². The van der Waals surface area contributed by atoms with Crippen molar-refractivity contribution in [2.24, 2.45) is 0 Å². The zero-order valence-electron chi connectivity index (χ0n) is 11.0. The second kappa shape index (κ2) is 5.27. The number of nitrogens with one attached hydrogen (secondary N) is 1. The molecule has 0 bridgehead atoms. The van der Waals surface area contributed by atoms with Crippen molar-refractivity contribution in [1.29, 1.82) is 5.41 Å². The SMILES string of the molecule is N=C(c1ccccc1)N1CCCc2ccccc2C1. The molecular formula is C17H18N2. The molecule has 0 amide bonds. The Hall–Kier alpha value is -2.09. The lowest BCUT2D eigenvalue weighted by atomic mass is 10.0. The van der Waals surface area contributed by atoms with Crippen LogP contribution in [0.25, 0.3) is 0 Å². The fourth-order valence-electron chi connectivity index (χ4n) is 2.67. The smallest absolute Gasteiger partial charge is 0.128 e. The van der Waals surface area contributed by atoms with Crippen LogP contribution in [0.5, 0.6) is 0 Å². The summed E-state index contributed by atoms with van der Waals surface area (Å²) in [5, 5.41) is 8.39. The molecule has 0 unspecified atom stereocenters. The van der Waals surface area contributed by atoms with Crippen molar-refractivity contribution in [3.05, 3.63) is 71.3 Å². The molecular weight excluding hydrogens is 232 g/mol. The van der Waals surface area contributed by atoms with E-state index in [0.717, 1.165) is 31.5 Å². The number of rotatable bonds is 1. The Bertz CT molecular complexity index is 575. The Balaban J connectivity index is 1.85. The molecule has 2 aromatic rings. The summed E-state index contributed by atoms with van der Waals surface area (Å²) in [6.45, 7) is 1.81. The van der Waals surface area contributed by atoms with Gasteiger partial charge in [0.05, 0.1) is 0 Å². The molecule has 0 spiro atoms. The van der Waals surface area contributed by atoms with Gasteiger partial charge < -0.3 is 4.90 Å². The van der Waals surface area contributed by atoms with Crippen molar-refractivity contribution < 1.29 is 0 Å². The number of nitrogens with zero attached hydrogens (tertiary/aromatic N) is 1. The zero-order chi connectivity index (χ0) is 13.1. The van der Waals surface area contributed by atoms with Gasteiger partial charge in [-0.25, -0.2) is 0 Å². The first-order valence-electron chi connectivity index (χ1n) is 6.80. The van der Waals surface area contributed by atoms with Crippen molar-refractivity contribution in [3.63, 3.8) is 0 Å². The predicted molar refractivity (Wildman–Crippen MR) is 78.4 cm³/mol. The van der Waals surface area contributed by atoms with Gasteiger partial charge in [0.25, 0.3) is 0 Å². The first kappa shape index (κ1) is 12.0. The van der Waals surface area contributed by atoms with Crippen molar-refractivity contribution >= 4 is 5.84 Å². The van der Waals surface area contributed by atoms with E-state index < -0.39 is 0 Å². The number of hydrogen-bond donors (Lipinski definition) is 1. The molecule has 2 nitrogen and oxygen atoms in total. The van der Waals surface area contributed by atoms with Gasteiger partial charge in [0, 0.05) is 18.7 Å². The lowest BCUT2D eigenvalue weighted by Gasteiger charge is -2.23. The maximum absolute atomic E-state index is 8.39. The largest absolute Gasteiger partial charge is 0.352 e. The lowest BCUT2D eigenvalue weighted by Crippen LogP contribution is -2.30. The highest BCUT2D eigenvalue weighted by molar-refractivity contribution is 5.96. The minimum absolute atomic E-state index is 0.636. The molecule has 0 saturated carbocycles. The molecule has 1 aliphatic rings. The summed E-state index contributed by atoms with van der Waals surface area (Å²) in [6, 6.07) is 18.6. The van der Waals surface area contributed by atoms with Gasteiger partial charge in [-0.1, -0.05) is 54.6 Å². The average Bonchev–Trinajstić information content (AvgIpc) is 2.69. The molecule has 0 atom stereocenters. The van der Waals surface area contributed by atoms with Crippen LogP contribution in [0.3, 0.4) is 0 Å². The van der Waals surface area contributed by atoms with Crippen LogP contribution in [0.2, 0.25) is 0 Å². The third kappa shape index (κ3) is 2.53. The van der Waals surface area contributed by atoms with E-state index in [0.29, 0.717) is 5.84 Å². The highest BCUT2D eigenvalue weighted by atomic mass is 15.2. The Kier molecular flexibility index (Phi) is 3.32. The summed E-state index contributed by atoms with van der Waals surface area (Å²) in [7, 11) is 0. The van der Waals surface area contributed by atoms with Crippen LogP contribution < -0.4 is 0 Å². The van der Waals surface area contributed by atoms with Crippen LogP contribution in [-0.4, -0.2) is 17.3 Å². The van der Waals surface area contributed by atoms with Gasteiger partial charge in [-0.3, -0.25) is 5.41 Å².